The average molecular weight is 511 g/mol. The van der Waals surface area contributed by atoms with Gasteiger partial charge in [0.15, 0.2) is 5.82 Å². The predicted molar refractivity (Wildman–Crippen MR) is 133 cm³/mol. The smallest absolute Gasteiger partial charge is 0.261 e. The second kappa shape index (κ2) is 9.94. The van der Waals surface area contributed by atoms with Gasteiger partial charge in [0.25, 0.3) is 17.4 Å². The average Bonchev–Trinajstić information content (AvgIpc) is 3.23. The van der Waals surface area contributed by atoms with Gasteiger partial charge in [0.2, 0.25) is 0 Å². The number of aryl methyl sites for hydroxylation is 1. The molecule has 9 nitrogen and oxygen atoms in total. The number of nitrogens with zero attached hydrogens (tertiary/aromatic N) is 4. The van der Waals surface area contributed by atoms with Crippen LogP contribution in [0, 0.1) is 24.2 Å². The highest BCUT2D eigenvalue weighted by Gasteiger charge is 2.36. The van der Waals surface area contributed by atoms with Gasteiger partial charge < -0.3 is 19.9 Å². The van der Waals surface area contributed by atoms with Crippen molar-refractivity contribution >= 4 is 28.3 Å². The molecule has 4 heterocycles. The number of H-pyrrole nitrogens is 1. The van der Waals surface area contributed by atoms with Crippen molar-refractivity contribution in [2.75, 3.05) is 31.6 Å². The number of benzene rings is 1. The lowest BCUT2D eigenvalue weighted by Gasteiger charge is -2.32. The predicted octanol–water partition coefficient (Wildman–Crippen LogP) is 4.14. The molecule has 0 saturated carbocycles. The molecular weight excluding hydrogens is 482 g/mol. The lowest BCUT2D eigenvalue weighted by Crippen LogP contribution is -2.42. The first kappa shape index (κ1) is 24.9. The van der Waals surface area contributed by atoms with Gasteiger partial charge in [-0.25, -0.2) is 8.78 Å². The standard InChI is InChI=1S/C26H28F2N6O3/c1-16-14-18(2-3-19(16)25(36)33-11-7-26(27,28)8-12-33)31-23-22-20(5-10-30-24(22)35)34(32-23)21-15-37-13-6-17(21)4-9-29/h2-3,5,10,14,17,21H,4,6-8,11-13,15H2,1H3,(H,30,35)(H,31,32)/t17-,21?/m0/s1. The molecule has 2 aliphatic rings. The van der Waals surface area contributed by atoms with Gasteiger partial charge >= 0.3 is 0 Å². The third kappa shape index (κ3) is 4.93. The van der Waals surface area contributed by atoms with Crippen LogP contribution in [0.15, 0.2) is 35.3 Å². The number of ether oxygens (including phenoxy) is 1. The van der Waals surface area contributed by atoms with Crippen molar-refractivity contribution in [1.82, 2.24) is 19.7 Å². The molecule has 0 aliphatic carbocycles. The number of piperidine rings is 1. The highest BCUT2D eigenvalue weighted by Crippen LogP contribution is 2.34. The molecule has 0 bridgehead atoms. The third-order valence-corrected chi connectivity index (χ3v) is 7.27. The Hall–Kier alpha value is -3.78. The maximum Gasteiger partial charge on any atom is 0.261 e. The first-order valence-electron chi connectivity index (χ1n) is 12.4. The Kier molecular flexibility index (Phi) is 6.69. The maximum absolute atomic E-state index is 13.5. The van der Waals surface area contributed by atoms with E-state index in [4.69, 9.17) is 9.84 Å². The summed E-state index contributed by atoms with van der Waals surface area (Å²) in [6, 6.07) is 8.98. The summed E-state index contributed by atoms with van der Waals surface area (Å²) in [5.41, 5.74) is 2.09. The molecule has 5 rings (SSSR count). The minimum absolute atomic E-state index is 0.0230. The van der Waals surface area contributed by atoms with Crippen molar-refractivity contribution in [3.05, 3.63) is 51.9 Å². The molecule has 194 valence electrons. The van der Waals surface area contributed by atoms with Crippen LogP contribution in [0.2, 0.25) is 0 Å². The molecule has 0 radical (unpaired) electrons. The van der Waals surface area contributed by atoms with Crippen LogP contribution in [0.3, 0.4) is 0 Å². The van der Waals surface area contributed by atoms with Crippen molar-refractivity contribution in [2.24, 2.45) is 5.92 Å². The van der Waals surface area contributed by atoms with E-state index in [0.717, 1.165) is 6.42 Å². The zero-order valence-corrected chi connectivity index (χ0v) is 20.5. The molecule has 2 aliphatic heterocycles. The Labute approximate surface area is 212 Å². The number of carbonyl (C=O) groups excluding carboxylic acids is 1. The summed E-state index contributed by atoms with van der Waals surface area (Å²) in [6.07, 6.45) is 2.00. The van der Waals surface area contributed by atoms with E-state index >= 15 is 0 Å². The monoisotopic (exact) mass is 510 g/mol. The van der Waals surface area contributed by atoms with E-state index in [0.29, 0.717) is 53.2 Å². The van der Waals surface area contributed by atoms with Crippen molar-refractivity contribution < 1.29 is 18.3 Å². The molecule has 1 amide bonds. The van der Waals surface area contributed by atoms with Gasteiger partial charge in [-0.2, -0.15) is 10.4 Å². The summed E-state index contributed by atoms with van der Waals surface area (Å²) in [7, 11) is 0. The molecule has 37 heavy (non-hydrogen) atoms. The van der Waals surface area contributed by atoms with Crippen molar-refractivity contribution in [3.63, 3.8) is 0 Å². The molecule has 2 saturated heterocycles. The Morgan fingerprint density at radius 3 is 2.84 bits per heavy atom. The fourth-order valence-electron chi connectivity index (χ4n) is 5.16. The molecular formula is C26H28F2N6O3. The molecule has 11 heteroatoms. The van der Waals surface area contributed by atoms with Crippen LogP contribution in [0.5, 0.6) is 0 Å². The van der Waals surface area contributed by atoms with Gasteiger partial charge in [-0.15, -0.1) is 0 Å². The SMILES string of the molecule is Cc1cc(Nc2nn(C3COCC[C@@H]3CC#N)c3cc[nH]c(=O)c23)ccc1C(=O)N1CCC(F)(F)CC1. The number of rotatable bonds is 5. The number of nitriles is 1. The zero-order chi connectivity index (χ0) is 26.2. The highest BCUT2D eigenvalue weighted by molar-refractivity contribution is 5.96. The second-order valence-electron chi connectivity index (χ2n) is 9.72. The van der Waals surface area contributed by atoms with E-state index in [-0.39, 0.29) is 49.4 Å². The number of pyridine rings is 1. The minimum Gasteiger partial charge on any atom is -0.379 e. The van der Waals surface area contributed by atoms with Crippen molar-refractivity contribution in [3.8, 4) is 6.07 Å². The Morgan fingerprint density at radius 2 is 2.11 bits per heavy atom. The minimum atomic E-state index is -2.72. The number of amides is 1. The summed E-state index contributed by atoms with van der Waals surface area (Å²) in [6.45, 7) is 2.81. The number of alkyl halides is 2. The lowest BCUT2D eigenvalue weighted by atomic mass is 9.92. The van der Waals surface area contributed by atoms with E-state index in [1.165, 1.54) is 4.90 Å². The fourth-order valence-corrected chi connectivity index (χ4v) is 5.16. The summed E-state index contributed by atoms with van der Waals surface area (Å²) in [5, 5.41) is 17.6. The summed E-state index contributed by atoms with van der Waals surface area (Å²) in [5.74, 6) is -2.58. The second-order valence-corrected chi connectivity index (χ2v) is 9.72. The molecule has 2 fully saturated rings. The maximum atomic E-state index is 13.5. The number of carbonyl (C=O) groups is 1. The zero-order valence-electron chi connectivity index (χ0n) is 20.5. The van der Waals surface area contributed by atoms with E-state index in [2.05, 4.69) is 16.4 Å². The Balaban J connectivity index is 1.43. The fraction of sp³-hybridized carbons (Fsp3) is 0.462. The normalized spacial score (nSPS) is 21.5. The Bertz CT molecular complexity index is 1420. The largest absolute Gasteiger partial charge is 0.379 e. The molecule has 1 unspecified atom stereocenters. The Morgan fingerprint density at radius 1 is 1.32 bits per heavy atom. The van der Waals surface area contributed by atoms with Gasteiger partial charge in [0.05, 0.1) is 24.2 Å². The van der Waals surface area contributed by atoms with Gasteiger partial charge in [-0.05, 0) is 49.1 Å². The van der Waals surface area contributed by atoms with Crippen LogP contribution in [0.25, 0.3) is 10.9 Å². The topological polar surface area (TPSA) is 116 Å². The summed E-state index contributed by atoms with van der Waals surface area (Å²) in [4.78, 5) is 29.9. The van der Waals surface area contributed by atoms with Crippen LogP contribution in [0.4, 0.5) is 20.3 Å². The number of anilines is 2. The van der Waals surface area contributed by atoms with Gasteiger partial charge in [0, 0.05) is 56.4 Å². The highest BCUT2D eigenvalue weighted by atomic mass is 19.3. The van der Waals surface area contributed by atoms with Gasteiger partial charge in [-0.3, -0.25) is 14.3 Å². The third-order valence-electron chi connectivity index (χ3n) is 7.27. The number of nitrogens with one attached hydrogen (secondary N) is 2. The molecule has 0 spiro atoms. The molecule has 2 N–H and O–H groups in total. The van der Waals surface area contributed by atoms with Crippen molar-refractivity contribution in [2.45, 2.75) is 44.6 Å². The number of aromatic amines is 1. The van der Waals surface area contributed by atoms with Crippen molar-refractivity contribution in [1.29, 1.82) is 5.26 Å². The van der Waals surface area contributed by atoms with Crippen LogP contribution in [0.1, 0.15) is 47.6 Å². The van der Waals surface area contributed by atoms with Gasteiger partial charge in [-0.1, -0.05) is 0 Å². The first-order chi connectivity index (χ1) is 17.8. The molecule has 2 aromatic heterocycles. The lowest BCUT2D eigenvalue weighted by molar-refractivity contribution is -0.0494. The summed E-state index contributed by atoms with van der Waals surface area (Å²) < 4.78 is 34.5. The number of hydrogen-bond donors (Lipinski definition) is 2. The number of hydrogen-bond acceptors (Lipinski definition) is 6. The molecule has 3 aromatic rings. The molecule has 2 atom stereocenters. The number of halogens is 2. The quantitative estimate of drug-likeness (QED) is 0.533. The van der Waals surface area contributed by atoms with Crippen LogP contribution >= 0.6 is 0 Å². The number of fused-ring (bicyclic) bond motifs is 1. The van der Waals surface area contributed by atoms with Gasteiger partial charge in [0.1, 0.15) is 5.39 Å². The van der Waals surface area contributed by atoms with Crippen LogP contribution in [-0.2, 0) is 4.74 Å². The van der Waals surface area contributed by atoms with E-state index < -0.39 is 5.92 Å². The van der Waals surface area contributed by atoms with Crippen LogP contribution in [-0.4, -0.2) is 57.8 Å². The molecule has 1 aromatic carbocycles. The van der Waals surface area contributed by atoms with Crippen LogP contribution < -0.4 is 10.9 Å². The van der Waals surface area contributed by atoms with E-state index in [1.807, 2.05) is 0 Å². The van der Waals surface area contributed by atoms with E-state index in [1.54, 1.807) is 42.1 Å². The summed E-state index contributed by atoms with van der Waals surface area (Å²) >= 11 is 0. The first-order valence-corrected chi connectivity index (χ1v) is 12.4. The van der Waals surface area contributed by atoms with E-state index in [9.17, 15) is 23.6 Å². The number of aromatic nitrogens is 3. The number of likely N-dealkylation sites (tertiary alicyclic amines) is 1.